The molecular weight excluding hydrogens is 352 g/mol. The molecule has 1 aromatic carbocycles. The molecular formula is C16H18BrClN2O. The summed E-state index contributed by atoms with van der Waals surface area (Å²) in [5.41, 5.74) is 1.96. The van der Waals surface area contributed by atoms with Gasteiger partial charge in [-0.15, -0.1) is 0 Å². The van der Waals surface area contributed by atoms with E-state index in [1.54, 1.807) is 16.7 Å². The Bertz CT molecular complexity index is 684. The second kappa shape index (κ2) is 7.14. The van der Waals surface area contributed by atoms with Crippen LogP contribution in [0.25, 0.3) is 0 Å². The van der Waals surface area contributed by atoms with Gasteiger partial charge in [-0.1, -0.05) is 40.5 Å². The highest BCUT2D eigenvalue weighted by molar-refractivity contribution is 9.10. The van der Waals surface area contributed by atoms with Gasteiger partial charge in [0.05, 0.1) is 11.7 Å². The number of hydrogen-bond acceptors (Lipinski definition) is 2. The fourth-order valence-electron chi connectivity index (χ4n) is 2.21. The quantitative estimate of drug-likeness (QED) is 0.817. The summed E-state index contributed by atoms with van der Waals surface area (Å²) in [6.45, 7) is 4.82. The largest absolute Gasteiger partial charge is 0.377 e. The molecule has 0 aliphatic rings. The van der Waals surface area contributed by atoms with Crippen LogP contribution in [0.15, 0.2) is 45.8 Å². The monoisotopic (exact) mass is 368 g/mol. The van der Waals surface area contributed by atoms with Crippen LogP contribution in [-0.4, -0.2) is 4.57 Å². The van der Waals surface area contributed by atoms with Crippen LogP contribution in [-0.2, 0) is 6.54 Å². The van der Waals surface area contributed by atoms with Crippen LogP contribution in [0.4, 0.5) is 5.69 Å². The molecule has 2 rings (SSSR count). The topological polar surface area (TPSA) is 34.0 Å². The Morgan fingerprint density at radius 1 is 1.33 bits per heavy atom. The van der Waals surface area contributed by atoms with Crippen molar-refractivity contribution >= 4 is 33.2 Å². The molecule has 1 atom stereocenters. The van der Waals surface area contributed by atoms with Crippen molar-refractivity contribution in [3.63, 3.8) is 0 Å². The fourth-order valence-corrected chi connectivity index (χ4v) is 3.05. The van der Waals surface area contributed by atoms with E-state index >= 15 is 0 Å². The summed E-state index contributed by atoms with van der Waals surface area (Å²) >= 11 is 9.68. The van der Waals surface area contributed by atoms with Gasteiger partial charge in [0.2, 0.25) is 0 Å². The molecule has 0 aliphatic carbocycles. The van der Waals surface area contributed by atoms with E-state index in [0.29, 0.717) is 5.02 Å². The van der Waals surface area contributed by atoms with Gasteiger partial charge < -0.3 is 9.88 Å². The third-order valence-corrected chi connectivity index (χ3v) is 4.08. The smallest absolute Gasteiger partial charge is 0.250 e. The Morgan fingerprint density at radius 3 is 2.76 bits per heavy atom. The Labute approximate surface area is 138 Å². The van der Waals surface area contributed by atoms with Crippen LogP contribution in [0.1, 0.15) is 31.9 Å². The van der Waals surface area contributed by atoms with Crippen LogP contribution < -0.4 is 10.9 Å². The Kier molecular flexibility index (Phi) is 5.48. The SMILES string of the molecule is CCCn1cc(NC(C)c2ccc(Br)cc2Cl)ccc1=O. The number of hydrogen-bond donors (Lipinski definition) is 1. The normalized spacial score (nSPS) is 12.2. The van der Waals surface area contributed by atoms with Gasteiger partial charge in [0.15, 0.2) is 0 Å². The summed E-state index contributed by atoms with van der Waals surface area (Å²) in [4.78, 5) is 11.7. The lowest BCUT2D eigenvalue weighted by Crippen LogP contribution is -2.19. The Hall–Kier alpha value is -1.26. The number of rotatable bonds is 5. The van der Waals surface area contributed by atoms with Crippen molar-refractivity contribution in [2.75, 3.05) is 5.32 Å². The third kappa shape index (κ3) is 4.11. The summed E-state index contributed by atoms with van der Waals surface area (Å²) < 4.78 is 2.68. The van der Waals surface area contributed by atoms with Gasteiger partial charge in [-0.3, -0.25) is 4.79 Å². The van der Waals surface area contributed by atoms with Gasteiger partial charge in [-0.05, 0) is 37.1 Å². The molecule has 1 N–H and O–H groups in total. The Morgan fingerprint density at radius 2 is 2.10 bits per heavy atom. The van der Waals surface area contributed by atoms with Crippen molar-refractivity contribution in [3.05, 3.63) is 61.9 Å². The lowest BCUT2D eigenvalue weighted by molar-refractivity contribution is 0.654. The first kappa shape index (κ1) is 16.1. The molecule has 0 aliphatic heterocycles. The maximum atomic E-state index is 11.7. The van der Waals surface area contributed by atoms with Crippen LogP contribution in [0, 0.1) is 0 Å². The van der Waals surface area contributed by atoms with Crippen LogP contribution in [0.2, 0.25) is 5.02 Å². The number of pyridine rings is 1. The summed E-state index contributed by atoms with van der Waals surface area (Å²) in [6, 6.07) is 9.29. The number of aromatic nitrogens is 1. The molecule has 0 fully saturated rings. The molecule has 3 nitrogen and oxygen atoms in total. The van der Waals surface area contributed by atoms with E-state index in [9.17, 15) is 4.79 Å². The highest BCUT2D eigenvalue weighted by Gasteiger charge is 2.10. The van der Waals surface area contributed by atoms with Gasteiger partial charge in [-0.25, -0.2) is 0 Å². The van der Waals surface area contributed by atoms with Gasteiger partial charge in [-0.2, -0.15) is 0 Å². The molecule has 0 saturated heterocycles. The molecule has 1 unspecified atom stereocenters. The first-order valence-corrected chi connectivity index (χ1v) is 8.10. The van der Waals surface area contributed by atoms with Crippen molar-refractivity contribution in [2.24, 2.45) is 0 Å². The summed E-state index contributed by atoms with van der Waals surface area (Å²) in [7, 11) is 0. The predicted molar refractivity (Wildman–Crippen MR) is 92.2 cm³/mol. The third-order valence-electron chi connectivity index (χ3n) is 3.26. The minimum absolute atomic E-state index is 0.0247. The first-order chi connectivity index (χ1) is 10.0. The average molecular weight is 370 g/mol. The lowest BCUT2D eigenvalue weighted by Gasteiger charge is -2.18. The van der Waals surface area contributed by atoms with Gasteiger partial charge >= 0.3 is 0 Å². The molecule has 0 saturated carbocycles. The second-order valence-corrected chi connectivity index (χ2v) is 6.30. The fraction of sp³-hybridized carbons (Fsp3) is 0.312. The molecule has 5 heteroatoms. The number of anilines is 1. The zero-order valence-corrected chi connectivity index (χ0v) is 14.4. The number of halogens is 2. The molecule has 0 amide bonds. The highest BCUT2D eigenvalue weighted by atomic mass is 79.9. The van der Waals surface area contributed by atoms with E-state index in [4.69, 9.17) is 11.6 Å². The first-order valence-electron chi connectivity index (χ1n) is 6.93. The van der Waals surface area contributed by atoms with Crippen LogP contribution in [0.5, 0.6) is 0 Å². The lowest BCUT2D eigenvalue weighted by atomic mass is 10.1. The highest BCUT2D eigenvalue weighted by Crippen LogP contribution is 2.28. The minimum atomic E-state index is 0.0247. The number of nitrogens with zero attached hydrogens (tertiary/aromatic N) is 1. The number of benzene rings is 1. The predicted octanol–water partition coefficient (Wildman–Crippen LogP) is 4.85. The molecule has 1 heterocycles. The van der Waals surface area contributed by atoms with Gasteiger partial charge in [0, 0.05) is 28.3 Å². The maximum Gasteiger partial charge on any atom is 0.250 e. The maximum absolute atomic E-state index is 11.7. The van der Waals surface area contributed by atoms with Crippen molar-refractivity contribution in [1.29, 1.82) is 0 Å². The summed E-state index contributed by atoms with van der Waals surface area (Å²) in [5.74, 6) is 0. The summed E-state index contributed by atoms with van der Waals surface area (Å²) in [6.07, 6.45) is 2.78. The van der Waals surface area contributed by atoms with E-state index in [0.717, 1.165) is 28.7 Å². The van der Waals surface area contributed by atoms with Crippen molar-refractivity contribution in [3.8, 4) is 0 Å². The van der Waals surface area contributed by atoms with E-state index in [-0.39, 0.29) is 11.6 Å². The Balaban J connectivity index is 2.21. The van der Waals surface area contributed by atoms with E-state index in [1.807, 2.05) is 31.3 Å². The molecule has 0 bridgehead atoms. The number of nitrogens with one attached hydrogen (secondary N) is 1. The average Bonchev–Trinajstić information content (AvgIpc) is 2.42. The van der Waals surface area contributed by atoms with Gasteiger partial charge in [0.1, 0.15) is 0 Å². The molecule has 21 heavy (non-hydrogen) atoms. The van der Waals surface area contributed by atoms with Crippen LogP contribution >= 0.6 is 27.5 Å². The van der Waals surface area contributed by atoms with Gasteiger partial charge in [0.25, 0.3) is 5.56 Å². The van der Waals surface area contributed by atoms with Crippen molar-refractivity contribution in [2.45, 2.75) is 32.9 Å². The number of aryl methyl sites for hydroxylation is 1. The second-order valence-electron chi connectivity index (χ2n) is 4.98. The minimum Gasteiger partial charge on any atom is -0.377 e. The van der Waals surface area contributed by atoms with Crippen LogP contribution in [0.3, 0.4) is 0 Å². The molecule has 2 aromatic rings. The zero-order chi connectivity index (χ0) is 15.4. The molecule has 112 valence electrons. The van der Waals surface area contributed by atoms with Crippen molar-refractivity contribution in [1.82, 2.24) is 4.57 Å². The zero-order valence-electron chi connectivity index (χ0n) is 12.1. The molecule has 1 aromatic heterocycles. The summed E-state index contributed by atoms with van der Waals surface area (Å²) in [5, 5.41) is 4.10. The van der Waals surface area contributed by atoms with E-state index in [1.165, 1.54) is 0 Å². The molecule has 0 radical (unpaired) electrons. The standard InChI is InChI=1S/C16H18BrClN2O/c1-3-8-20-10-13(5-7-16(20)21)19-11(2)14-6-4-12(17)9-15(14)18/h4-7,9-11,19H,3,8H2,1-2H3. The molecule has 0 spiro atoms. The van der Waals surface area contributed by atoms with E-state index < -0.39 is 0 Å². The van der Waals surface area contributed by atoms with Crippen molar-refractivity contribution < 1.29 is 0 Å². The van der Waals surface area contributed by atoms with E-state index in [2.05, 4.69) is 28.2 Å².